The molecule has 0 saturated heterocycles. The van der Waals surface area contributed by atoms with Crippen LogP contribution in [0.3, 0.4) is 0 Å². The van der Waals surface area contributed by atoms with Crippen molar-refractivity contribution < 1.29 is 8.42 Å². The molecule has 1 aromatic carbocycles. The summed E-state index contributed by atoms with van der Waals surface area (Å²) in [5.74, 6) is 0.471. The van der Waals surface area contributed by atoms with Crippen molar-refractivity contribution in [1.82, 2.24) is 10.0 Å². The van der Waals surface area contributed by atoms with Gasteiger partial charge in [-0.15, -0.1) is 0 Å². The molecule has 2 N–H and O–H groups in total. The largest absolute Gasteiger partial charge is 0.310 e. The lowest BCUT2D eigenvalue weighted by atomic mass is 9.85. The van der Waals surface area contributed by atoms with Gasteiger partial charge in [-0.2, -0.15) is 0 Å². The molecule has 1 unspecified atom stereocenters. The quantitative estimate of drug-likeness (QED) is 0.715. The van der Waals surface area contributed by atoms with Gasteiger partial charge in [-0.3, -0.25) is 0 Å². The van der Waals surface area contributed by atoms with E-state index >= 15 is 0 Å². The van der Waals surface area contributed by atoms with E-state index in [1.165, 1.54) is 17.4 Å². The Morgan fingerprint density at radius 2 is 1.61 bits per heavy atom. The summed E-state index contributed by atoms with van der Waals surface area (Å²) in [5, 5.41) is 3.55. The van der Waals surface area contributed by atoms with Crippen LogP contribution in [0.2, 0.25) is 0 Å². The first kappa shape index (κ1) is 20.1. The molecule has 23 heavy (non-hydrogen) atoms. The number of sulfonamides is 1. The summed E-state index contributed by atoms with van der Waals surface area (Å²) in [5.41, 5.74) is 2.78. The highest BCUT2D eigenvalue weighted by atomic mass is 32.2. The van der Waals surface area contributed by atoms with E-state index in [9.17, 15) is 8.42 Å². The molecule has 0 amide bonds. The van der Waals surface area contributed by atoms with E-state index in [1.54, 1.807) is 0 Å². The first-order valence-electron chi connectivity index (χ1n) is 8.29. The molecule has 0 bridgehead atoms. The van der Waals surface area contributed by atoms with Crippen LogP contribution in [-0.2, 0) is 15.4 Å². The molecule has 0 aliphatic carbocycles. The zero-order chi connectivity index (χ0) is 17.7. The fourth-order valence-corrected chi connectivity index (χ4v) is 3.05. The van der Waals surface area contributed by atoms with E-state index in [2.05, 4.69) is 68.9 Å². The van der Waals surface area contributed by atoms with Crippen LogP contribution in [0.4, 0.5) is 0 Å². The highest BCUT2D eigenvalue weighted by Gasteiger charge is 2.17. The normalized spacial score (nSPS) is 14.2. The van der Waals surface area contributed by atoms with Gasteiger partial charge in [-0.25, -0.2) is 13.1 Å². The number of nitrogens with one attached hydrogen (secondary N) is 2. The summed E-state index contributed by atoms with van der Waals surface area (Å²) in [4.78, 5) is 0. The van der Waals surface area contributed by atoms with Crippen LogP contribution in [0.15, 0.2) is 24.3 Å². The van der Waals surface area contributed by atoms with Crippen LogP contribution in [0.1, 0.15) is 58.2 Å². The zero-order valence-electron chi connectivity index (χ0n) is 15.3. The monoisotopic (exact) mass is 340 g/mol. The topological polar surface area (TPSA) is 58.2 Å². The summed E-state index contributed by atoms with van der Waals surface area (Å²) in [6, 6.07) is 9.09. The Balaban J connectivity index is 2.61. The molecule has 132 valence electrons. The lowest BCUT2D eigenvalue weighted by molar-refractivity contribution is 0.409. The van der Waals surface area contributed by atoms with E-state index in [1.807, 2.05) is 0 Å². The summed E-state index contributed by atoms with van der Waals surface area (Å²) in [6.07, 6.45) is 1.96. The molecule has 1 atom stereocenters. The van der Waals surface area contributed by atoms with Gasteiger partial charge in [0.15, 0.2) is 0 Å². The third-order valence-electron chi connectivity index (χ3n) is 3.88. The molecule has 5 heteroatoms. The molecule has 1 aromatic rings. The molecule has 1 rings (SSSR count). The van der Waals surface area contributed by atoms with Crippen LogP contribution in [0, 0.1) is 5.92 Å². The maximum atomic E-state index is 11.0. The van der Waals surface area contributed by atoms with Gasteiger partial charge in [0.05, 0.1) is 6.26 Å². The standard InChI is InChI=1S/C18H32N2O2S/c1-14(2)17(19-12-7-13-20-23(6,21)22)15-8-10-16(11-9-15)18(3,4)5/h8-11,14,17,19-20H,7,12-13H2,1-6H3. The minimum atomic E-state index is -3.09. The lowest BCUT2D eigenvalue weighted by Gasteiger charge is -2.25. The van der Waals surface area contributed by atoms with Crippen molar-refractivity contribution in [3.05, 3.63) is 35.4 Å². The predicted molar refractivity (Wildman–Crippen MR) is 98.2 cm³/mol. The summed E-state index contributed by atoms with van der Waals surface area (Å²) >= 11 is 0. The van der Waals surface area contributed by atoms with E-state index in [4.69, 9.17) is 0 Å². The van der Waals surface area contributed by atoms with Crippen molar-refractivity contribution in [2.45, 2.75) is 52.5 Å². The van der Waals surface area contributed by atoms with Gasteiger partial charge in [-0.05, 0) is 35.4 Å². The second-order valence-corrected chi connectivity index (χ2v) is 9.40. The summed E-state index contributed by atoms with van der Waals surface area (Å²) in [6.45, 7) is 12.3. The van der Waals surface area contributed by atoms with E-state index in [0.717, 1.165) is 13.0 Å². The van der Waals surface area contributed by atoms with Gasteiger partial charge >= 0.3 is 0 Å². The molecule has 0 heterocycles. The van der Waals surface area contributed by atoms with Crippen molar-refractivity contribution >= 4 is 10.0 Å². The Hall–Kier alpha value is -0.910. The van der Waals surface area contributed by atoms with Gasteiger partial charge in [0.2, 0.25) is 10.0 Å². The SMILES string of the molecule is CC(C)C(NCCCNS(C)(=O)=O)c1ccc(C(C)(C)C)cc1. The van der Waals surface area contributed by atoms with E-state index in [0.29, 0.717) is 12.5 Å². The average molecular weight is 341 g/mol. The van der Waals surface area contributed by atoms with Gasteiger partial charge in [-0.1, -0.05) is 58.9 Å². The second-order valence-electron chi connectivity index (χ2n) is 7.57. The fraction of sp³-hybridized carbons (Fsp3) is 0.667. The Bertz CT molecular complexity index is 572. The first-order valence-corrected chi connectivity index (χ1v) is 10.2. The molecular weight excluding hydrogens is 308 g/mol. The minimum absolute atomic E-state index is 0.163. The maximum absolute atomic E-state index is 11.0. The second kappa shape index (κ2) is 8.27. The number of hydrogen-bond acceptors (Lipinski definition) is 3. The van der Waals surface area contributed by atoms with Gasteiger partial charge in [0.1, 0.15) is 0 Å². The lowest BCUT2D eigenvalue weighted by Crippen LogP contribution is -2.30. The van der Waals surface area contributed by atoms with E-state index in [-0.39, 0.29) is 11.5 Å². The molecule has 0 aromatic heterocycles. The third kappa shape index (κ3) is 7.46. The van der Waals surface area contributed by atoms with E-state index < -0.39 is 10.0 Å². The smallest absolute Gasteiger partial charge is 0.208 e. The molecule has 0 aliphatic heterocycles. The zero-order valence-corrected chi connectivity index (χ0v) is 16.1. The van der Waals surface area contributed by atoms with Crippen LogP contribution >= 0.6 is 0 Å². The number of hydrogen-bond donors (Lipinski definition) is 2. The molecule has 0 aliphatic rings. The highest BCUT2D eigenvalue weighted by molar-refractivity contribution is 7.88. The van der Waals surface area contributed by atoms with Crippen molar-refractivity contribution in [1.29, 1.82) is 0 Å². The molecule has 0 fully saturated rings. The molecular formula is C18H32N2O2S. The predicted octanol–water partition coefficient (Wildman–Crippen LogP) is 3.21. The molecule has 0 radical (unpaired) electrons. The Morgan fingerprint density at radius 1 is 1.04 bits per heavy atom. The Kier molecular flexibility index (Phi) is 7.24. The van der Waals surface area contributed by atoms with Crippen molar-refractivity contribution in [3.63, 3.8) is 0 Å². The third-order valence-corrected chi connectivity index (χ3v) is 4.61. The average Bonchev–Trinajstić information content (AvgIpc) is 2.40. The fourth-order valence-electron chi connectivity index (χ4n) is 2.53. The first-order chi connectivity index (χ1) is 10.5. The van der Waals surface area contributed by atoms with Gasteiger partial charge in [0.25, 0.3) is 0 Å². The number of benzene rings is 1. The molecule has 0 spiro atoms. The Labute approximate surface area is 142 Å². The highest BCUT2D eigenvalue weighted by Crippen LogP contribution is 2.26. The van der Waals surface area contributed by atoms with Gasteiger partial charge in [0, 0.05) is 12.6 Å². The minimum Gasteiger partial charge on any atom is -0.310 e. The molecule has 4 nitrogen and oxygen atoms in total. The summed E-state index contributed by atoms with van der Waals surface area (Å²) in [7, 11) is -3.09. The van der Waals surface area contributed by atoms with Crippen LogP contribution in [0.25, 0.3) is 0 Å². The van der Waals surface area contributed by atoms with Gasteiger partial charge < -0.3 is 5.32 Å². The van der Waals surface area contributed by atoms with Crippen molar-refractivity contribution in [2.75, 3.05) is 19.3 Å². The van der Waals surface area contributed by atoms with Crippen LogP contribution in [0.5, 0.6) is 0 Å². The summed E-state index contributed by atoms with van der Waals surface area (Å²) < 4.78 is 24.6. The van der Waals surface area contributed by atoms with Crippen molar-refractivity contribution in [2.24, 2.45) is 5.92 Å². The van der Waals surface area contributed by atoms with Crippen molar-refractivity contribution in [3.8, 4) is 0 Å². The Morgan fingerprint density at radius 3 is 2.04 bits per heavy atom. The maximum Gasteiger partial charge on any atom is 0.208 e. The van der Waals surface area contributed by atoms with Crippen LogP contribution in [-0.4, -0.2) is 27.8 Å². The van der Waals surface area contributed by atoms with Crippen LogP contribution < -0.4 is 10.0 Å². The molecule has 0 saturated carbocycles. The number of rotatable bonds is 8.